The van der Waals surface area contributed by atoms with E-state index in [1.54, 1.807) is 29.9 Å². The number of hydrogen-bond acceptors (Lipinski definition) is 7. The first-order valence-electron chi connectivity index (χ1n) is 10.4. The first-order chi connectivity index (χ1) is 15.5. The van der Waals surface area contributed by atoms with Gasteiger partial charge in [-0.2, -0.15) is 10.1 Å². The van der Waals surface area contributed by atoms with Gasteiger partial charge in [-0.1, -0.05) is 28.9 Å². The third-order valence-electron chi connectivity index (χ3n) is 4.73. The Labute approximate surface area is 190 Å². The van der Waals surface area contributed by atoms with E-state index in [4.69, 9.17) is 25.6 Å². The summed E-state index contributed by atoms with van der Waals surface area (Å²) in [6, 6.07) is 11.1. The minimum Gasteiger partial charge on any atom is -0.489 e. The van der Waals surface area contributed by atoms with Gasteiger partial charge in [-0.15, -0.1) is 0 Å². The molecule has 0 N–H and O–H groups in total. The monoisotopic (exact) mass is 454 g/mol. The quantitative estimate of drug-likeness (QED) is 0.340. The van der Waals surface area contributed by atoms with Crippen LogP contribution in [0.4, 0.5) is 0 Å². The van der Waals surface area contributed by atoms with Crippen molar-refractivity contribution >= 4 is 28.5 Å². The number of nitrogens with zero attached hydrogens (tertiary/aromatic N) is 4. The van der Waals surface area contributed by atoms with Crippen LogP contribution in [0.15, 0.2) is 47.1 Å². The van der Waals surface area contributed by atoms with E-state index >= 15 is 0 Å². The first kappa shape index (κ1) is 21.8. The van der Waals surface area contributed by atoms with E-state index in [1.807, 2.05) is 38.1 Å². The van der Waals surface area contributed by atoms with Crippen LogP contribution < -0.4 is 4.74 Å². The molecule has 0 aliphatic carbocycles. The third-order valence-corrected chi connectivity index (χ3v) is 5.02. The van der Waals surface area contributed by atoms with E-state index in [-0.39, 0.29) is 18.5 Å². The second-order valence-corrected chi connectivity index (χ2v) is 7.80. The van der Waals surface area contributed by atoms with Gasteiger partial charge in [0.05, 0.1) is 42.4 Å². The number of halogens is 1. The summed E-state index contributed by atoms with van der Waals surface area (Å²) >= 11 is 6.34. The summed E-state index contributed by atoms with van der Waals surface area (Å²) < 4.78 is 17.9. The molecule has 0 aliphatic rings. The molecule has 8 nitrogen and oxygen atoms in total. The Balaban J connectivity index is 1.60. The lowest BCUT2D eigenvalue weighted by Gasteiger charge is -2.11. The molecule has 2 heterocycles. The molecular formula is C23H23ClN4O4. The van der Waals surface area contributed by atoms with Crippen molar-refractivity contribution in [2.75, 3.05) is 6.61 Å². The fourth-order valence-electron chi connectivity index (χ4n) is 3.34. The van der Waals surface area contributed by atoms with Crippen LogP contribution in [-0.4, -0.2) is 38.6 Å². The van der Waals surface area contributed by atoms with Crippen LogP contribution in [0.5, 0.6) is 5.75 Å². The summed E-state index contributed by atoms with van der Waals surface area (Å²) in [5.74, 6) is 1.14. The molecule has 32 heavy (non-hydrogen) atoms. The Morgan fingerprint density at radius 1 is 1.25 bits per heavy atom. The Morgan fingerprint density at radius 2 is 2.09 bits per heavy atom. The van der Waals surface area contributed by atoms with E-state index < -0.39 is 0 Å². The molecule has 0 bridgehead atoms. The van der Waals surface area contributed by atoms with Crippen LogP contribution in [0.2, 0.25) is 5.02 Å². The predicted octanol–water partition coefficient (Wildman–Crippen LogP) is 5.15. The number of aryl methyl sites for hydroxylation is 1. The Bertz CT molecular complexity index is 1250. The summed E-state index contributed by atoms with van der Waals surface area (Å²) in [6.45, 7) is 6.45. The number of carbonyl (C=O) groups is 1. The van der Waals surface area contributed by atoms with Crippen molar-refractivity contribution in [1.82, 2.24) is 19.9 Å². The number of carbonyl (C=O) groups excluding carboxylic acids is 1. The Hall–Kier alpha value is -3.39. The van der Waals surface area contributed by atoms with Crippen LogP contribution in [-0.2, 0) is 16.1 Å². The lowest BCUT2D eigenvalue weighted by atomic mass is 10.1. The Kier molecular flexibility index (Phi) is 6.41. The summed E-state index contributed by atoms with van der Waals surface area (Å²) in [5, 5.41) is 9.90. The zero-order valence-corrected chi connectivity index (χ0v) is 18.8. The van der Waals surface area contributed by atoms with Crippen LogP contribution >= 0.6 is 11.6 Å². The molecule has 0 radical (unpaired) electrons. The second kappa shape index (κ2) is 9.40. The second-order valence-electron chi connectivity index (χ2n) is 7.40. The van der Waals surface area contributed by atoms with Crippen LogP contribution in [0.3, 0.4) is 0 Å². The van der Waals surface area contributed by atoms with Crippen LogP contribution in [0.25, 0.3) is 33.7 Å². The first-order valence-corrected chi connectivity index (χ1v) is 10.7. The Morgan fingerprint density at radius 3 is 2.84 bits per heavy atom. The lowest BCUT2D eigenvalue weighted by molar-refractivity contribution is -0.143. The van der Waals surface area contributed by atoms with Gasteiger partial charge >= 0.3 is 5.97 Å². The van der Waals surface area contributed by atoms with Crippen molar-refractivity contribution in [3.05, 3.63) is 47.6 Å². The van der Waals surface area contributed by atoms with Gasteiger partial charge in [-0.25, -0.2) is 0 Å². The third kappa shape index (κ3) is 4.60. The molecule has 2 aromatic carbocycles. The average Bonchev–Trinajstić information content (AvgIpc) is 3.41. The molecule has 0 atom stereocenters. The molecule has 0 spiro atoms. The number of esters is 1. The van der Waals surface area contributed by atoms with Gasteiger partial charge in [0.1, 0.15) is 5.75 Å². The highest BCUT2D eigenvalue weighted by Crippen LogP contribution is 2.32. The van der Waals surface area contributed by atoms with Gasteiger partial charge in [-0.05, 0) is 45.0 Å². The van der Waals surface area contributed by atoms with Crippen molar-refractivity contribution in [3.8, 4) is 28.6 Å². The highest BCUT2D eigenvalue weighted by molar-refractivity contribution is 6.32. The van der Waals surface area contributed by atoms with E-state index in [0.29, 0.717) is 41.2 Å². The van der Waals surface area contributed by atoms with Gasteiger partial charge in [0, 0.05) is 16.5 Å². The van der Waals surface area contributed by atoms with E-state index in [1.165, 1.54) is 0 Å². The summed E-state index contributed by atoms with van der Waals surface area (Å²) in [7, 11) is 0. The SMILES string of the molecule is CCOC(=O)CCn1ncc2c(-c3noc(-c4ccc(OC(C)C)c(Cl)c4)n3)cccc21. The van der Waals surface area contributed by atoms with Crippen molar-refractivity contribution < 1.29 is 18.8 Å². The number of benzene rings is 2. The highest BCUT2D eigenvalue weighted by atomic mass is 35.5. The van der Waals surface area contributed by atoms with Crippen LogP contribution in [0, 0.1) is 0 Å². The maximum Gasteiger partial charge on any atom is 0.307 e. The van der Waals surface area contributed by atoms with Crippen molar-refractivity contribution in [1.29, 1.82) is 0 Å². The summed E-state index contributed by atoms with van der Waals surface area (Å²) in [4.78, 5) is 16.2. The molecule has 0 aliphatic heterocycles. The predicted molar refractivity (Wildman–Crippen MR) is 120 cm³/mol. The maximum absolute atomic E-state index is 11.7. The van der Waals surface area contributed by atoms with Gasteiger partial charge in [-0.3, -0.25) is 9.48 Å². The molecule has 0 unspecified atom stereocenters. The van der Waals surface area contributed by atoms with E-state index in [0.717, 1.165) is 16.5 Å². The van der Waals surface area contributed by atoms with E-state index in [2.05, 4.69) is 15.2 Å². The molecule has 0 amide bonds. The summed E-state index contributed by atoms with van der Waals surface area (Å²) in [5.41, 5.74) is 2.35. The van der Waals surface area contributed by atoms with Gasteiger partial charge < -0.3 is 14.0 Å². The number of rotatable bonds is 8. The topological polar surface area (TPSA) is 92.3 Å². The fourth-order valence-corrected chi connectivity index (χ4v) is 3.57. The molecular weight excluding hydrogens is 432 g/mol. The number of ether oxygens (including phenoxy) is 2. The number of fused-ring (bicyclic) bond motifs is 1. The van der Waals surface area contributed by atoms with Gasteiger partial charge in [0.25, 0.3) is 5.89 Å². The maximum atomic E-state index is 11.7. The van der Waals surface area contributed by atoms with Gasteiger partial charge in [0.15, 0.2) is 0 Å². The van der Waals surface area contributed by atoms with Gasteiger partial charge in [0.2, 0.25) is 5.82 Å². The smallest absolute Gasteiger partial charge is 0.307 e. The van der Waals surface area contributed by atoms with Crippen molar-refractivity contribution in [2.24, 2.45) is 0 Å². The molecule has 166 valence electrons. The minimum absolute atomic E-state index is 0.0204. The zero-order chi connectivity index (χ0) is 22.7. The molecule has 0 saturated carbocycles. The normalized spacial score (nSPS) is 11.3. The molecule has 9 heteroatoms. The minimum atomic E-state index is -0.251. The average molecular weight is 455 g/mol. The van der Waals surface area contributed by atoms with Crippen molar-refractivity contribution in [3.63, 3.8) is 0 Å². The molecule has 0 saturated heterocycles. The number of aromatic nitrogens is 4. The standard InChI is InChI=1S/C23H23ClN4O4/c1-4-30-21(29)10-11-28-19-7-5-6-16(17(19)13-25-28)22-26-23(32-27-22)15-8-9-20(18(24)12-15)31-14(2)3/h5-9,12-14H,4,10-11H2,1-3H3. The summed E-state index contributed by atoms with van der Waals surface area (Å²) in [6.07, 6.45) is 2.01. The molecule has 0 fully saturated rings. The van der Waals surface area contributed by atoms with Crippen molar-refractivity contribution in [2.45, 2.75) is 39.8 Å². The molecule has 4 rings (SSSR count). The number of hydrogen-bond donors (Lipinski definition) is 0. The fraction of sp³-hybridized carbons (Fsp3) is 0.304. The zero-order valence-electron chi connectivity index (χ0n) is 18.0. The largest absolute Gasteiger partial charge is 0.489 e. The molecule has 4 aromatic rings. The molecule has 2 aromatic heterocycles. The van der Waals surface area contributed by atoms with Crippen LogP contribution in [0.1, 0.15) is 27.2 Å². The lowest BCUT2D eigenvalue weighted by Crippen LogP contribution is -2.09. The van der Waals surface area contributed by atoms with E-state index in [9.17, 15) is 4.79 Å². The highest BCUT2D eigenvalue weighted by Gasteiger charge is 2.17.